The third kappa shape index (κ3) is 2.17. The van der Waals surface area contributed by atoms with E-state index in [1.807, 2.05) is 4.57 Å². The molecule has 18 heavy (non-hydrogen) atoms. The Bertz CT molecular complexity index is 417. The lowest BCUT2D eigenvalue weighted by molar-refractivity contribution is 0.0743. The topological polar surface area (TPSA) is 54.2 Å². The molecule has 1 N–H and O–H groups in total. The standard InChI is InChI=1S/C13H22N4O/c1-2-16-7-6-10(9-16)8-12-15-14-11-4-3-5-13(18)17(11)12/h10,13,18H,2-9H2,1H3. The van der Waals surface area contributed by atoms with E-state index in [9.17, 15) is 5.11 Å². The maximum absolute atomic E-state index is 10.1. The highest BCUT2D eigenvalue weighted by Crippen LogP contribution is 2.26. The van der Waals surface area contributed by atoms with Crippen molar-refractivity contribution in [2.45, 2.75) is 45.3 Å². The number of likely N-dealkylation sites (tertiary alicyclic amines) is 1. The second-order valence-corrected chi connectivity index (χ2v) is 5.53. The second kappa shape index (κ2) is 4.97. The van der Waals surface area contributed by atoms with E-state index in [1.165, 1.54) is 13.0 Å². The summed E-state index contributed by atoms with van der Waals surface area (Å²) < 4.78 is 1.97. The molecule has 1 aromatic rings. The van der Waals surface area contributed by atoms with Crippen LogP contribution in [0.15, 0.2) is 0 Å². The van der Waals surface area contributed by atoms with Crippen molar-refractivity contribution in [3.63, 3.8) is 0 Å². The van der Waals surface area contributed by atoms with Gasteiger partial charge < -0.3 is 10.0 Å². The molecule has 1 fully saturated rings. The molecular weight excluding hydrogens is 228 g/mol. The fraction of sp³-hybridized carbons (Fsp3) is 0.846. The van der Waals surface area contributed by atoms with Gasteiger partial charge in [-0.25, -0.2) is 0 Å². The number of aryl methyl sites for hydroxylation is 1. The summed E-state index contributed by atoms with van der Waals surface area (Å²) in [7, 11) is 0. The average Bonchev–Trinajstić information content (AvgIpc) is 2.98. The molecule has 5 nitrogen and oxygen atoms in total. The van der Waals surface area contributed by atoms with Crippen molar-refractivity contribution < 1.29 is 5.11 Å². The molecule has 0 aliphatic carbocycles. The minimum absolute atomic E-state index is 0.401. The molecule has 0 radical (unpaired) electrons. The molecule has 0 spiro atoms. The molecule has 0 bridgehead atoms. The van der Waals surface area contributed by atoms with Crippen molar-refractivity contribution in [2.24, 2.45) is 5.92 Å². The second-order valence-electron chi connectivity index (χ2n) is 5.53. The number of hydrogen-bond acceptors (Lipinski definition) is 4. The van der Waals surface area contributed by atoms with E-state index in [4.69, 9.17) is 0 Å². The number of aliphatic hydroxyl groups is 1. The van der Waals surface area contributed by atoms with Crippen LogP contribution in [-0.4, -0.2) is 44.4 Å². The van der Waals surface area contributed by atoms with E-state index in [1.54, 1.807) is 0 Å². The number of fused-ring (bicyclic) bond motifs is 1. The number of hydrogen-bond donors (Lipinski definition) is 1. The van der Waals surface area contributed by atoms with E-state index in [2.05, 4.69) is 22.0 Å². The maximum Gasteiger partial charge on any atom is 0.135 e. The van der Waals surface area contributed by atoms with E-state index in [0.29, 0.717) is 5.92 Å². The SMILES string of the molecule is CCN1CCC(Cc2nnc3n2C(O)CCC3)C1. The van der Waals surface area contributed by atoms with Crippen LogP contribution in [0, 0.1) is 5.92 Å². The van der Waals surface area contributed by atoms with Gasteiger partial charge in [-0.3, -0.25) is 4.57 Å². The number of rotatable bonds is 3. The Balaban J connectivity index is 1.72. The van der Waals surface area contributed by atoms with Crippen molar-refractivity contribution in [3.8, 4) is 0 Å². The van der Waals surface area contributed by atoms with Gasteiger partial charge in [0.25, 0.3) is 0 Å². The molecule has 5 heteroatoms. The smallest absolute Gasteiger partial charge is 0.135 e. The van der Waals surface area contributed by atoms with Gasteiger partial charge in [-0.15, -0.1) is 10.2 Å². The molecule has 3 rings (SSSR count). The largest absolute Gasteiger partial charge is 0.373 e. The highest BCUT2D eigenvalue weighted by Gasteiger charge is 2.27. The summed E-state index contributed by atoms with van der Waals surface area (Å²) in [6.07, 6.45) is 4.61. The first kappa shape index (κ1) is 12.1. The molecule has 2 atom stereocenters. The quantitative estimate of drug-likeness (QED) is 0.869. The van der Waals surface area contributed by atoms with E-state index in [-0.39, 0.29) is 0 Å². The van der Waals surface area contributed by atoms with Crippen molar-refractivity contribution in [3.05, 3.63) is 11.6 Å². The summed E-state index contributed by atoms with van der Waals surface area (Å²) in [6, 6.07) is 0. The van der Waals surface area contributed by atoms with Crippen LogP contribution in [0.5, 0.6) is 0 Å². The van der Waals surface area contributed by atoms with Crippen LogP contribution >= 0.6 is 0 Å². The molecule has 0 aromatic carbocycles. The minimum Gasteiger partial charge on any atom is -0.373 e. The van der Waals surface area contributed by atoms with E-state index in [0.717, 1.165) is 50.4 Å². The lowest BCUT2D eigenvalue weighted by Crippen LogP contribution is -2.23. The van der Waals surface area contributed by atoms with Crippen LogP contribution in [0.25, 0.3) is 0 Å². The average molecular weight is 250 g/mol. The van der Waals surface area contributed by atoms with Gasteiger partial charge in [-0.1, -0.05) is 6.92 Å². The predicted molar refractivity (Wildman–Crippen MR) is 68.1 cm³/mol. The predicted octanol–water partition coefficient (Wildman–Crippen LogP) is 0.990. The summed E-state index contributed by atoms with van der Waals surface area (Å²) in [5, 5.41) is 18.6. The van der Waals surface area contributed by atoms with Crippen molar-refractivity contribution in [1.29, 1.82) is 0 Å². The first-order valence-electron chi connectivity index (χ1n) is 7.11. The molecule has 2 aliphatic heterocycles. The normalized spacial score (nSPS) is 28.6. The molecule has 2 aliphatic rings. The Labute approximate surface area is 108 Å². The zero-order chi connectivity index (χ0) is 12.5. The number of aromatic nitrogens is 3. The fourth-order valence-electron chi connectivity index (χ4n) is 3.21. The zero-order valence-electron chi connectivity index (χ0n) is 11.0. The molecule has 3 heterocycles. The van der Waals surface area contributed by atoms with Crippen LogP contribution in [0.2, 0.25) is 0 Å². The maximum atomic E-state index is 10.1. The Hall–Kier alpha value is -0.940. The molecule has 0 amide bonds. The minimum atomic E-state index is -0.401. The van der Waals surface area contributed by atoms with Crippen LogP contribution in [-0.2, 0) is 12.8 Å². The molecule has 100 valence electrons. The van der Waals surface area contributed by atoms with Crippen molar-refractivity contribution >= 4 is 0 Å². The molecule has 0 saturated carbocycles. The Morgan fingerprint density at radius 1 is 1.33 bits per heavy atom. The number of nitrogens with zero attached hydrogens (tertiary/aromatic N) is 4. The molecule has 1 saturated heterocycles. The number of aliphatic hydroxyl groups excluding tert-OH is 1. The van der Waals surface area contributed by atoms with Gasteiger partial charge in [0.05, 0.1) is 0 Å². The highest BCUT2D eigenvalue weighted by atomic mass is 16.3. The summed E-state index contributed by atoms with van der Waals surface area (Å²) in [6.45, 7) is 5.71. The highest BCUT2D eigenvalue weighted by molar-refractivity contribution is 5.02. The van der Waals surface area contributed by atoms with Gasteiger partial charge in [0, 0.05) is 19.4 Å². The van der Waals surface area contributed by atoms with Gasteiger partial charge in [-0.2, -0.15) is 0 Å². The zero-order valence-corrected chi connectivity index (χ0v) is 11.0. The van der Waals surface area contributed by atoms with Crippen LogP contribution in [0.1, 0.15) is 44.1 Å². The Morgan fingerprint density at radius 3 is 3.00 bits per heavy atom. The van der Waals surface area contributed by atoms with Gasteiger partial charge in [0.1, 0.15) is 17.9 Å². The van der Waals surface area contributed by atoms with Gasteiger partial charge in [0.2, 0.25) is 0 Å². The van der Waals surface area contributed by atoms with Crippen LogP contribution < -0.4 is 0 Å². The molecule has 2 unspecified atom stereocenters. The molecule has 1 aromatic heterocycles. The summed E-state index contributed by atoms with van der Waals surface area (Å²) in [5.74, 6) is 2.63. The summed E-state index contributed by atoms with van der Waals surface area (Å²) >= 11 is 0. The van der Waals surface area contributed by atoms with Crippen molar-refractivity contribution in [2.75, 3.05) is 19.6 Å². The van der Waals surface area contributed by atoms with Crippen LogP contribution in [0.4, 0.5) is 0 Å². The third-order valence-electron chi connectivity index (χ3n) is 4.29. The molecular formula is C13H22N4O. The Kier molecular flexibility index (Phi) is 3.35. The summed E-state index contributed by atoms with van der Waals surface area (Å²) in [5.41, 5.74) is 0. The van der Waals surface area contributed by atoms with Gasteiger partial charge in [0.15, 0.2) is 0 Å². The lowest BCUT2D eigenvalue weighted by atomic mass is 10.0. The lowest BCUT2D eigenvalue weighted by Gasteiger charge is -2.22. The Morgan fingerprint density at radius 2 is 2.22 bits per heavy atom. The third-order valence-corrected chi connectivity index (χ3v) is 4.29. The van der Waals surface area contributed by atoms with Gasteiger partial charge >= 0.3 is 0 Å². The van der Waals surface area contributed by atoms with Crippen molar-refractivity contribution in [1.82, 2.24) is 19.7 Å². The summed E-state index contributed by atoms with van der Waals surface area (Å²) in [4.78, 5) is 2.48. The van der Waals surface area contributed by atoms with Gasteiger partial charge in [-0.05, 0) is 38.3 Å². The first-order chi connectivity index (χ1) is 8.78. The van der Waals surface area contributed by atoms with E-state index < -0.39 is 6.23 Å². The first-order valence-corrected chi connectivity index (χ1v) is 7.11. The van der Waals surface area contributed by atoms with Crippen LogP contribution in [0.3, 0.4) is 0 Å². The fourth-order valence-corrected chi connectivity index (χ4v) is 3.21. The van der Waals surface area contributed by atoms with E-state index >= 15 is 0 Å². The monoisotopic (exact) mass is 250 g/mol.